The van der Waals surface area contributed by atoms with Gasteiger partial charge < -0.3 is 9.47 Å². The number of imidazole rings is 1. The molecule has 2 heterocycles. The van der Waals surface area contributed by atoms with Crippen molar-refractivity contribution < 1.29 is 13.6 Å². The maximum atomic E-state index is 13.3. The van der Waals surface area contributed by atoms with Gasteiger partial charge in [-0.15, -0.1) is 0 Å². The van der Waals surface area contributed by atoms with E-state index in [0.29, 0.717) is 31.8 Å². The average molecular weight is 361 g/mol. The van der Waals surface area contributed by atoms with Crippen LogP contribution in [0, 0.1) is 5.92 Å². The molecule has 1 saturated carbocycles. The van der Waals surface area contributed by atoms with E-state index in [0.717, 1.165) is 16.9 Å². The Balaban J connectivity index is 1.47. The van der Waals surface area contributed by atoms with Crippen LogP contribution in [0.5, 0.6) is 0 Å². The molecular weight excluding hydrogens is 336 g/mol. The topological polar surface area (TPSA) is 38.1 Å². The lowest BCUT2D eigenvalue weighted by molar-refractivity contribution is -0.145. The molecule has 0 bridgehead atoms. The molecule has 0 atom stereocenters. The van der Waals surface area contributed by atoms with Crippen LogP contribution in [0.25, 0.3) is 11.0 Å². The zero-order valence-electron chi connectivity index (χ0n) is 15.3. The SMILES string of the molecule is CC(C)c1nc2ccccc2n1C1CN(C(=O)C2CCC(F)(F)CC2)C1. The molecule has 1 aliphatic heterocycles. The fourth-order valence-corrected chi connectivity index (χ4v) is 4.20. The van der Waals surface area contributed by atoms with Gasteiger partial charge in [-0.05, 0) is 25.0 Å². The Kier molecular flexibility index (Phi) is 4.24. The van der Waals surface area contributed by atoms with Crippen molar-refractivity contribution in [1.29, 1.82) is 0 Å². The van der Waals surface area contributed by atoms with Gasteiger partial charge in [0, 0.05) is 37.8 Å². The van der Waals surface area contributed by atoms with E-state index >= 15 is 0 Å². The smallest absolute Gasteiger partial charge is 0.248 e. The number of alkyl halides is 2. The molecule has 1 aromatic heterocycles. The lowest BCUT2D eigenvalue weighted by atomic mass is 9.85. The van der Waals surface area contributed by atoms with Gasteiger partial charge in [-0.25, -0.2) is 13.8 Å². The third kappa shape index (κ3) is 2.99. The Bertz CT molecular complexity index is 814. The predicted molar refractivity (Wildman–Crippen MR) is 96.3 cm³/mol. The lowest BCUT2D eigenvalue weighted by Gasteiger charge is -2.43. The van der Waals surface area contributed by atoms with Gasteiger partial charge in [0.05, 0.1) is 17.1 Å². The standard InChI is InChI=1S/C20H25F2N3O/c1-13(2)18-23-16-5-3-4-6-17(16)25(18)15-11-24(12-15)19(26)14-7-9-20(21,22)10-8-14/h3-6,13-15H,7-12H2,1-2H3. The molecule has 4 rings (SSSR count). The van der Waals surface area contributed by atoms with Crippen LogP contribution in [0.2, 0.25) is 0 Å². The highest BCUT2D eigenvalue weighted by Crippen LogP contribution is 2.38. The van der Waals surface area contributed by atoms with Crippen molar-refractivity contribution in [2.24, 2.45) is 5.92 Å². The van der Waals surface area contributed by atoms with Crippen LogP contribution in [0.4, 0.5) is 8.78 Å². The van der Waals surface area contributed by atoms with Crippen molar-refractivity contribution in [1.82, 2.24) is 14.5 Å². The number of likely N-dealkylation sites (tertiary alicyclic amines) is 1. The van der Waals surface area contributed by atoms with E-state index in [1.54, 1.807) is 0 Å². The summed E-state index contributed by atoms with van der Waals surface area (Å²) in [5.41, 5.74) is 2.08. The molecule has 0 unspecified atom stereocenters. The van der Waals surface area contributed by atoms with E-state index in [1.807, 2.05) is 23.1 Å². The number of hydrogen-bond donors (Lipinski definition) is 0. The number of aromatic nitrogens is 2. The van der Waals surface area contributed by atoms with Crippen LogP contribution < -0.4 is 0 Å². The first-order valence-electron chi connectivity index (χ1n) is 9.49. The summed E-state index contributed by atoms with van der Waals surface area (Å²) in [6.45, 7) is 5.54. The number of halogens is 2. The molecular formula is C20H25F2N3O. The number of para-hydroxylation sites is 2. The normalized spacial score (nSPS) is 21.3. The minimum Gasteiger partial charge on any atom is -0.338 e. The Morgan fingerprint density at radius 2 is 1.85 bits per heavy atom. The summed E-state index contributed by atoms with van der Waals surface area (Å²) >= 11 is 0. The van der Waals surface area contributed by atoms with Crippen molar-refractivity contribution in [2.75, 3.05) is 13.1 Å². The first kappa shape index (κ1) is 17.4. The number of fused-ring (bicyclic) bond motifs is 1. The summed E-state index contributed by atoms with van der Waals surface area (Å²) < 4.78 is 28.9. The Hall–Kier alpha value is -1.98. The second-order valence-electron chi connectivity index (χ2n) is 8.01. The molecule has 2 aromatic rings. The molecule has 140 valence electrons. The number of benzene rings is 1. The van der Waals surface area contributed by atoms with Crippen LogP contribution in [0.1, 0.15) is 57.3 Å². The minimum absolute atomic E-state index is 0.0484. The zero-order chi connectivity index (χ0) is 18.5. The molecule has 26 heavy (non-hydrogen) atoms. The number of hydrogen-bond acceptors (Lipinski definition) is 2. The molecule has 0 N–H and O–H groups in total. The molecule has 2 fully saturated rings. The van der Waals surface area contributed by atoms with E-state index < -0.39 is 5.92 Å². The highest BCUT2D eigenvalue weighted by molar-refractivity contribution is 5.80. The van der Waals surface area contributed by atoms with Gasteiger partial charge in [0.15, 0.2) is 0 Å². The van der Waals surface area contributed by atoms with E-state index in [1.165, 1.54) is 0 Å². The molecule has 0 spiro atoms. The van der Waals surface area contributed by atoms with Crippen LogP contribution in [-0.4, -0.2) is 39.4 Å². The number of carbonyl (C=O) groups is 1. The fraction of sp³-hybridized carbons (Fsp3) is 0.600. The van der Waals surface area contributed by atoms with Gasteiger partial charge in [-0.3, -0.25) is 4.79 Å². The monoisotopic (exact) mass is 361 g/mol. The first-order chi connectivity index (χ1) is 12.4. The predicted octanol–water partition coefficient (Wildman–Crippen LogP) is 4.37. The molecule has 1 aliphatic carbocycles. The summed E-state index contributed by atoms with van der Waals surface area (Å²) in [5.74, 6) is -1.43. The second kappa shape index (κ2) is 6.32. The van der Waals surface area contributed by atoms with Gasteiger partial charge in [0.1, 0.15) is 5.82 Å². The molecule has 4 nitrogen and oxygen atoms in total. The Morgan fingerprint density at radius 1 is 1.19 bits per heavy atom. The summed E-state index contributed by atoms with van der Waals surface area (Å²) in [6.07, 6.45) is 0.283. The van der Waals surface area contributed by atoms with Crippen molar-refractivity contribution in [2.45, 2.75) is 57.4 Å². The highest BCUT2D eigenvalue weighted by Gasteiger charge is 2.42. The van der Waals surface area contributed by atoms with E-state index in [2.05, 4.69) is 24.5 Å². The first-order valence-corrected chi connectivity index (χ1v) is 9.49. The van der Waals surface area contributed by atoms with Gasteiger partial charge in [0.25, 0.3) is 0 Å². The number of nitrogens with zero attached hydrogens (tertiary/aromatic N) is 3. The average Bonchev–Trinajstić information content (AvgIpc) is 2.93. The quantitative estimate of drug-likeness (QED) is 0.814. The Labute approximate surface area is 152 Å². The maximum Gasteiger partial charge on any atom is 0.248 e. The van der Waals surface area contributed by atoms with E-state index in [9.17, 15) is 13.6 Å². The van der Waals surface area contributed by atoms with Gasteiger partial charge in [-0.1, -0.05) is 26.0 Å². The van der Waals surface area contributed by atoms with Gasteiger partial charge >= 0.3 is 0 Å². The molecule has 2 aliphatic rings. The molecule has 1 amide bonds. The molecule has 1 aromatic carbocycles. The third-order valence-corrected chi connectivity index (χ3v) is 5.74. The van der Waals surface area contributed by atoms with Gasteiger partial charge in [-0.2, -0.15) is 0 Å². The lowest BCUT2D eigenvalue weighted by Crippen LogP contribution is -2.53. The van der Waals surface area contributed by atoms with Crippen molar-refractivity contribution in [3.05, 3.63) is 30.1 Å². The largest absolute Gasteiger partial charge is 0.338 e. The molecule has 6 heteroatoms. The Morgan fingerprint density at radius 3 is 2.50 bits per heavy atom. The van der Waals surface area contributed by atoms with E-state index in [4.69, 9.17) is 4.98 Å². The second-order valence-corrected chi connectivity index (χ2v) is 8.01. The van der Waals surface area contributed by atoms with Crippen LogP contribution in [0.15, 0.2) is 24.3 Å². The summed E-state index contributed by atoms with van der Waals surface area (Å²) in [5, 5.41) is 0. The molecule has 1 saturated heterocycles. The van der Waals surface area contributed by atoms with Gasteiger partial charge in [0.2, 0.25) is 11.8 Å². The maximum absolute atomic E-state index is 13.3. The number of rotatable bonds is 3. The number of carbonyl (C=O) groups excluding carboxylic acids is 1. The highest BCUT2D eigenvalue weighted by atomic mass is 19.3. The van der Waals surface area contributed by atoms with Crippen LogP contribution >= 0.6 is 0 Å². The van der Waals surface area contributed by atoms with E-state index in [-0.39, 0.29) is 30.7 Å². The number of amides is 1. The fourth-order valence-electron chi connectivity index (χ4n) is 4.20. The summed E-state index contributed by atoms with van der Waals surface area (Å²) in [7, 11) is 0. The minimum atomic E-state index is -2.59. The van der Waals surface area contributed by atoms with Crippen molar-refractivity contribution in [3.8, 4) is 0 Å². The summed E-state index contributed by atoms with van der Waals surface area (Å²) in [4.78, 5) is 19.2. The van der Waals surface area contributed by atoms with Crippen molar-refractivity contribution in [3.63, 3.8) is 0 Å². The third-order valence-electron chi connectivity index (χ3n) is 5.74. The van der Waals surface area contributed by atoms with Crippen molar-refractivity contribution >= 4 is 16.9 Å². The van der Waals surface area contributed by atoms with Crippen LogP contribution in [0.3, 0.4) is 0 Å². The van der Waals surface area contributed by atoms with Crippen LogP contribution in [-0.2, 0) is 4.79 Å². The zero-order valence-corrected chi connectivity index (χ0v) is 15.3. The molecule has 0 radical (unpaired) electrons. The summed E-state index contributed by atoms with van der Waals surface area (Å²) in [6, 6.07) is 8.30.